The van der Waals surface area contributed by atoms with Gasteiger partial charge in [0.1, 0.15) is 0 Å². The number of ether oxygens (including phenoxy) is 2. The van der Waals surface area contributed by atoms with Gasteiger partial charge in [-0.3, -0.25) is 4.79 Å². The maximum absolute atomic E-state index is 11.8. The Labute approximate surface area is 148 Å². The molecule has 0 saturated carbocycles. The number of nitrogens with one attached hydrogen (secondary N) is 1. The first-order valence-corrected chi connectivity index (χ1v) is 8.03. The lowest BCUT2D eigenvalue weighted by Crippen LogP contribution is -2.25. The Kier molecular flexibility index (Phi) is 6.40. The summed E-state index contributed by atoms with van der Waals surface area (Å²) in [5, 5.41) is 4.08. The van der Waals surface area contributed by atoms with Crippen LogP contribution in [-0.4, -0.2) is 25.3 Å². The van der Waals surface area contributed by atoms with E-state index in [0.29, 0.717) is 11.5 Å². The highest BCUT2D eigenvalue weighted by Gasteiger charge is 2.06. The van der Waals surface area contributed by atoms with Crippen molar-refractivity contribution < 1.29 is 14.3 Å². The van der Waals surface area contributed by atoms with Gasteiger partial charge >= 0.3 is 0 Å². The van der Waals surface area contributed by atoms with Gasteiger partial charge in [0.25, 0.3) is 5.91 Å². The largest absolute Gasteiger partial charge is 0.493 e. The summed E-state index contributed by atoms with van der Waals surface area (Å²) in [6, 6.07) is 15.0. The van der Waals surface area contributed by atoms with Gasteiger partial charge in [0.2, 0.25) is 0 Å². The number of benzene rings is 2. The van der Waals surface area contributed by atoms with Crippen molar-refractivity contribution in [3.05, 3.63) is 57.7 Å². The Hall–Kier alpha value is -2.09. The summed E-state index contributed by atoms with van der Waals surface area (Å²) in [5.41, 5.74) is 4.17. The SMILES string of the molecule is COc1ccccc1OCC(=O)N/N=C(/C)c1ccc(I)cc1. The molecule has 0 fully saturated rings. The normalized spacial score (nSPS) is 11.0. The molecular weight excluding hydrogens is 407 g/mol. The van der Waals surface area contributed by atoms with Gasteiger partial charge in [-0.15, -0.1) is 0 Å². The molecule has 5 nitrogen and oxygen atoms in total. The minimum atomic E-state index is -0.333. The first-order valence-electron chi connectivity index (χ1n) is 6.95. The van der Waals surface area contributed by atoms with E-state index >= 15 is 0 Å². The van der Waals surface area contributed by atoms with Gasteiger partial charge in [-0.05, 0) is 59.3 Å². The van der Waals surface area contributed by atoms with Crippen LogP contribution in [0.15, 0.2) is 53.6 Å². The van der Waals surface area contributed by atoms with Crippen molar-refractivity contribution in [2.45, 2.75) is 6.92 Å². The molecule has 1 amide bonds. The fourth-order valence-electron chi connectivity index (χ4n) is 1.82. The van der Waals surface area contributed by atoms with Crippen LogP contribution in [0.25, 0.3) is 0 Å². The van der Waals surface area contributed by atoms with E-state index < -0.39 is 0 Å². The minimum Gasteiger partial charge on any atom is -0.493 e. The van der Waals surface area contributed by atoms with Gasteiger partial charge in [0.15, 0.2) is 18.1 Å². The Morgan fingerprint density at radius 3 is 2.43 bits per heavy atom. The van der Waals surface area contributed by atoms with E-state index in [2.05, 4.69) is 33.1 Å². The number of methoxy groups -OCH3 is 1. The molecule has 0 saturated heterocycles. The highest BCUT2D eigenvalue weighted by atomic mass is 127. The van der Waals surface area contributed by atoms with Crippen molar-refractivity contribution in [1.29, 1.82) is 0 Å². The molecular formula is C17H17IN2O3. The zero-order chi connectivity index (χ0) is 16.7. The van der Waals surface area contributed by atoms with Gasteiger partial charge in [0.05, 0.1) is 12.8 Å². The molecule has 0 aromatic heterocycles. The van der Waals surface area contributed by atoms with Crippen LogP contribution in [0.4, 0.5) is 0 Å². The number of hydrogen-bond donors (Lipinski definition) is 1. The van der Waals surface area contributed by atoms with Crippen LogP contribution in [0.5, 0.6) is 11.5 Å². The number of rotatable bonds is 6. The van der Waals surface area contributed by atoms with Gasteiger partial charge in [-0.1, -0.05) is 24.3 Å². The number of nitrogens with zero attached hydrogens (tertiary/aromatic N) is 1. The van der Waals surface area contributed by atoms with E-state index in [4.69, 9.17) is 9.47 Å². The number of amides is 1. The molecule has 2 aromatic rings. The number of hydrazone groups is 1. The van der Waals surface area contributed by atoms with Crippen LogP contribution in [0.1, 0.15) is 12.5 Å². The van der Waals surface area contributed by atoms with Crippen molar-refractivity contribution in [2.24, 2.45) is 5.10 Å². The van der Waals surface area contributed by atoms with Crippen molar-refractivity contribution in [3.8, 4) is 11.5 Å². The Morgan fingerprint density at radius 1 is 1.13 bits per heavy atom. The molecule has 0 radical (unpaired) electrons. The standard InChI is InChI=1S/C17H17IN2O3/c1-12(13-7-9-14(18)10-8-13)19-20-17(21)11-23-16-6-4-3-5-15(16)22-2/h3-10H,11H2,1-2H3,(H,20,21)/b19-12-. The molecule has 0 heterocycles. The van der Waals surface area contributed by atoms with Gasteiger partial charge in [0, 0.05) is 3.57 Å². The highest BCUT2D eigenvalue weighted by molar-refractivity contribution is 14.1. The first kappa shape index (κ1) is 17.3. The lowest BCUT2D eigenvalue weighted by molar-refractivity contribution is -0.123. The Bertz CT molecular complexity index is 699. The Morgan fingerprint density at radius 2 is 1.78 bits per heavy atom. The summed E-state index contributed by atoms with van der Waals surface area (Å²) >= 11 is 2.24. The summed E-state index contributed by atoms with van der Waals surface area (Å²) in [5.74, 6) is 0.767. The number of carbonyl (C=O) groups excluding carboxylic acids is 1. The number of halogens is 1. The molecule has 23 heavy (non-hydrogen) atoms. The lowest BCUT2D eigenvalue weighted by atomic mass is 10.1. The lowest BCUT2D eigenvalue weighted by Gasteiger charge is -2.09. The van der Waals surface area contributed by atoms with Crippen molar-refractivity contribution in [3.63, 3.8) is 0 Å². The quantitative estimate of drug-likeness (QED) is 0.440. The predicted molar refractivity (Wildman–Crippen MR) is 98.0 cm³/mol. The van der Waals surface area contributed by atoms with Gasteiger partial charge < -0.3 is 9.47 Å². The van der Waals surface area contributed by atoms with Crippen LogP contribution in [0.2, 0.25) is 0 Å². The minimum absolute atomic E-state index is 0.135. The number of hydrogen-bond acceptors (Lipinski definition) is 4. The second-order valence-corrected chi connectivity index (χ2v) is 5.92. The third-order valence-electron chi connectivity index (χ3n) is 3.04. The monoisotopic (exact) mass is 424 g/mol. The van der Waals surface area contributed by atoms with E-state index in [0.717, 1.165) is 14.8 Å². The third-order valence-corrected chi connectivity index (χ3v) is 3.76. The third kappa shape index (κ3) is 5.24. The fourth-order valence-corrected chi connectivity index (χ4v) is 2.18. The maximum atomic E-state index is 11.8. The molecule has 0 aliphatic rings. The van der Waals surface area contributed by atoms with Crippen LogP contribution in [-0.2, 0) is 4.79 Å². The molecule has 6 heteroatoms. The molecule has 2 aromatic carbocycles. The van der Waals surface area contributed by atoms with E-state index in [1.54, 1.807) is 19.2 Å². The molecule has 0 aliphatic heterocycles. The van der Waals surface area contributed by atoms with E-state index in [1.165, 1.54) is 0 Å². The smallest absolute Gasteiger partial charge is 0.277 e. The average molecular weight is 424 g/mol. The molecule has 0 bridgehead atoms. The van der Waals surface area contributed by atoms with Crippen molar-refractivity contribution in [2.75, 3.05) is 13.7 Å². The molecule has 0 atom stereocenters. The second-order valence-electron chi connectivity index (χ2n) is 4.68. The summed E-state index contributed by atoms with van der Waals surface area (Å²) in [7, 11) is 1.55. The summed E-state index contributed by atoms with van der Waals surface area (Å²) < 4.78 is 11.7. The van der Waals surface area contributed by atoms with E-state index in [9.17, 15) is 4.79 Å². The molecule has 0 aliphatic carbocycles. The summed E-state index contributed by atoms with van der Waals surface area (Å²) in [6.45, 7) is 1.70. The zero-order valence-corrected chi connectivity index (χ0v) is 15.0. The molecule has 1 N–H and O–H groups in total. The second kappa shape index (κ2) is 8.52. The van der Waals surface area contributed by atoms with E-state index in [-0.39, 0.29) is 12.5 Å². The number of para-hydroxylation sites is 2. The van der Waals surface area contributed by atoms with Crippen molar-refractivity contribution >= 4 is 34.2 Å². The van der Waals surface area contributed by atoms with Crippen LogP contribution >= 0.6 is 22.6 Å². The topological polar surface area (TPSA) is 59.9 Å². The predicted octanol–water partition coefficient (Wildman–Crippen LogP) is 3.22. The average Bonchev–Trinajstić information content (AvgIpc) is 2.58. The first-order chi connectivity index (χ1) is 11.1. The Balaban J connectivity index is 1.89. The van der Waals surface area contributed by atoms with Gasteiger partial charge in [-0.2, -0.15) is 5.10 Å². The van der Waals surface area contributed by atoms with Crippen LogP contribution < -0.4 is 14.9 Å². The highest BCUT2D eigenvalue weighted by Crippen LogP contribution is 2.25. The maximum Gasteiger partial charge on any atom is 0.277 e. The molecule has 0 unspecified atom stereocenters. The fraction of sp³-hybridized carbons (Fsp3) is 0.176. The molecule has 120 valence electrons. The molecule has 2 rings (SSSR count). The summed E-state index contributed by atoms with van der Waals surface area (Å²) in [6.07, 6.45) is 0. The zero-order valence-electron chi connectivity index (χ0n) is 12.9. The van der Waals surface area contributed by atoms with Gasteiger partial charge in [-0.25, -0.2) is 5.43 Å². The van der Waals surface area contributed by atoms with E-state index in [1.807, 2.05) is 43.3 Å². The van der Waals surface area contributed by atoms with Crippen molar-refractivity contribution in [1.82, 2.24) is 5.43 Å². The van der Waals surface area contributed by atoms with Crippen LogP contribution in [0.3, 0.4) is 0 Å². The molecule has 0 spiro atoms. The summed E-state index contributed by atoms with van der Waals surface area (Å²) in [4.78, 5) is 11.8. The number of carbonyl (C=O) groups is 1. The van der Waals surface area contributed by atoms with Crippen LogP contribution in [0, 0.1) is 3.57 Å².